The number of piperazine rings is 1. The molecule has 4 rings (SSSR count). The summed E-state index contributed by atoms with van der Waals surface area (Å²) in [5.74, 6) is 0.884. The van der Waals surface area contributed by atoms with E-state index in [1.165, 1.54) is 5.56 Å². The smallest absolute Gasteiger partial charge is 0.161 e. The molecule has 1 fully saturated rings. The highest BCUT2D eigenvalue weighted by molar-refractivity contribution is 9.10. The zero-order valence-electron chi connectivity index (χ0n) is 18.4. The first-order chi connectivity index (χ1) is 15.3. The fraction of sp³-hybridized carbons (Fsp3) is 0.500. The molecule has 0 radical (unpaired) electrons. The predicted octanol–water partition coefficient (Wildman–Crippen LogP) is 3.60. The molecule has 2 aromatic heterocycles. The second kappa shape index (κ2) is 10.0. The number of nitrogens with zero attached hydrogens (tertiary/aromatic N) is 5. The van der Waals surface area contributed by atoms with Gasteiger partial charge in [-0.1, -0.05) is 23.7 Å². The summed E-state index contributed by atoms with van der Waals surface area (Å²) in [5, 5.41) is 8.84. The molecule has 3 heterocycles. The number of H-pyrrole nitrogens is 1. The van der Waals surface area contributed by atoms with Gasteiger partial charge < -0.3 is 15.4 Å². The van der Waals surface area contributed by atoms with Crippen molar-refractivity contribution in [2.24, 2.45) is 5.73 Å². The average Bonchev–Trinajstić information content (AvgIpc) is 3.14. The monoisotopic (exact) mass is 521 g/mol. The van der Waals surface area contributed by atoms with Crippen molar-refractivity contribution >= 4 is 44.4 Å². The van der Waals surface area contributed by atoms with Crippen LogP contribution in [0.4, 0.5) is 5.82 Å². The van der Waals surface area contributed by atoms with Crippen molar-refractivity contribution in [3.05, 3.63) is 45.8 Å². The third-order valence-electron chi connectivity index (χ3n) is 5.70. The molecule has 32 heavy (non-hydrogen) atoms. The van der Waals surface area contributed by atoms with Crippen LogP contribution in [0.5, 0.6) is 0 Å². The van der Waals surface area contributed by atoms with E-state index in [2.05, 4.69) is 58.0 Å². The minimum Gasteiger partial charge on any atom is -0.380 e. The van der Waals surface area contributed by atoms with E-state index in [4.69, 9.17) is 22.1 Å². The van der Waals surface area contributed by atoms with Crippen LogP contribution < -0.4 is 10.6 Å². The van der Waals surface area contributed by atoms with Crippen molar-refractivity contribution in [3.8, 4) is 0 Å². The number of benzene rings is 1. The van der Waals surface area contributed by atoms with Crippen LogP contribution in [-0.2, 0) is 11.3 Å². The Balaban J connectivity index is 1.50. The van der Waals surface area contributed by atoms with Gasteiger partial charge in [-0.05, 0) is 53.9 Å². The lowest BCUT2D eigenvalue weighted by atomic mass is 10.0. The molecule has 1 aliphatic rings. The minimum atomic E-state index is -0.234. The third-order valence-corrected chi connectivity index (χ3v) is 6.52. The average molecular weight is 523 g/mol. The van der Waals surface area contributed by atoms with Gasteiger partial charge in [0.15, 0.2) is 5.65 Å². The van der Waals surface area contributed by atoms with Gasteiger partial charge in [-0.2, -0.15) is 5.10 Å². The molecule has 1 atom stereocenters. The molecule has 10 heteroatoms. The van der Waals surface area contributed by atoms with Crippen molar-refractivity contribution in [3.63, 3.8) is 0 Å². The molecule has 0 saturated carbocycles. The van der Waals surface area contributed by atoms with E-state index >= 15 is 0 Å². The first kappa shape index (κ1) is 23.4. The van der Waals surface area contributed by atoms with Gasteiger partial charge in [0, 0.05) is 43.3 Å². The Bertz CT molecular complexity index is 1040. The van der Waals surface area contributed by atoms with Gasteiger partial charge in [0.25, 0.3) is 0 Å². The number of aromatic nitrogens is 4. The lowest BCUT2D eigenvalue weighted by Crippen LogP contribution is -2.55. The van der Waals surface area contributed by atoms with Gasteiger partial charge in [-0.15, -0.1) is 0 Å². The summed E-state index contributed by atoms with van der Waals surface area (Å²) >= 11 is 9.59. The van der Waals surface area contributed by atoms with Gasteiger partial charge in [0.2, 0.25) is 0 Å². The summed E-state index contributed by atoms with van der Waals surface area (Å²) in [6, 6.07) is 8.25. The van der Waals surface area contributed by atoms with Crippen LogP contribution in [0.1, 0.15) is 25.8 Å². The van der Waals surface area contributed by atoms with Crippen molar-refractivity contribution in [1.82, 2.24) is 25.1 Å². The molecule has 1 unspecified atom stereocenters. The standard InChI is InChI=1S/C22H29BrClN7O/c1-22(2,25)7-10-32-13-17-12-31(21-18-19(23)28-29-20(18)26-14-27-21)9-8-30(17)11-15-3-5-16(24)6-4-15/h3-6,14,17H,7-13,25H2,1-2H3,(H,26,27,28,29). The molecular formula is C22H29BrClN7O. The second-order valence-corrected chi connectivity index (χ2v) is 10.1. The largest absolute Gasteiger partial charge is 0.380 e. The number of nitrogens with one attached hydrogen (secondary N) is 1. The topological polar surface area (TPSA) is 96.2 Å². The number of rotatable bonds is 8. The number of aromatic amines is 1. The molecule has 0 spiro atoms. The molecule has 3 aromatic rings. The van der Waals surface area contributed by atoms with Crippen molar-refractivity contribution in [2.75, 3.05) is 37.7 Å². The Morgan fingerprint density at radius 3 is 2.78 bits per heavy atom. The normalized spacial score (nSPS) is 17.9. The van der Waals surface area contributed by atoms with Crippen LogP contribution in [0.25, 0.3) is 11.0 Å². The van der Waals surface area contributed by atoms with E-state index in [1.807, 2.05) is 26.0 Å². The maximum absolute atomic E-state index is 6.11. The van der Waals surface area contributed by atoms with Gasteiger partial charge in [-0.3, -0.25) is 10.00 Å². The Hall–Kier alpha value is -1.78. The number of ether oxygens (including phenoxy) is 1. The Kier molecular flexibility index (Phi) is 7.31. The summed E-state index contributed by atoms with van der Waals surface area (Å²) < 4.78 is 6.81. The number of anilines is 1. The maximum atomic E-state index is 6.11. The molecule has 8 nitrogen and oxygen atoms in total. The van der Waals surface area contributed by atoms with E-state index in [1.54, 1.807) is 6.33 Å². The van der Waals surface area contributed by atoms with Crippen LogP contribution in [0, 0.1) is 0 Å². The first-order valence-electron chi connectivity index (χ1n) is 10.7. The molecule has 3 N–H and O–H groups in total. The Morgan fingerprint density at radius 1 is 1.25 bits per heavy atom. The highest BCUT2D eigenvalue weighted by Gasteiger charge is 2.30. The minimum absolute atomic E-state index is 0.205. The summed E-state index contributed by atoms with van der Waals surface area (Å²) in [7, 11) is 0. The predicted molar refractivity (Wildman–Crippen MR) is 131 cm³/mol. The molecule has 0 bridgehead atoms. The van der Waals surface area contributed by atoms with Crippen LogP contribution >= 0.6 is 27.5 Å². The van der Waals surface area contributed by atoms with E-state index < -0.39 is 0 Å². The second-order valence-electron chi connectivity index (χ2n) is 8.95. The Morgan fingerprint density at radius 2 is 2.03 bits per heavy atom. The lowest BCUT2D eigenvalue weighted by Gasteiger charge is -2.42. The zero-order valence-corrected chi connectivity index (χ0v) is 20.7. The van der Waals surface area contributed by atoms with Crippen molar-refractivity contribution in [1.29, 1.82) is 0 Å². The van der Waals surface area contributed by atoms with Crippen molar-refractivity contribution < 1.29 is 4.74 Å². The molecule has 1 saturated heterocycles. The number of nitrogens with two attached hydrogens (primary N) is 1. The van der Waals surface area contributed by atoms with Gasteiger partial charge in [0.1, 0.15) is 16.7 Å². The zero-order chi connectivity index (χ0) is 22.7. The highest BCUT2D eigenvalue weighted by atomic mass is 79.9. The lowest BCUT2D eigenvalue weighted by molar-refractivity contribution is 0.0434. The van der Waals surface area contributed by atoms with Crippen LogP contribution in [0.15, 0.2) is 35.2 Å². The molecule has 1 aliphatic heterocycles. The van der Waals surface area contributed by atoms with Gasteiger partial charge in [-0.25, -0.2) is 9.97 Å². The summed E-state index contributed by atoms with van der Waals surface area (Å²) in [6.07, 6.45) is 2.40. The summed E-state index contributed by atoms with van der Waals surface area (Å²) in [6.45, 7) is 8.69. The van der Waals surface area contributed by atoms with Crippen LogP contribution in [0.3, 0.4) is 0 Å². The van der Waals surface area contributed by atoms with E-state index in [0.717, 1.165) is 59.1 Å². The number of hydrogen-bond acceptors (Lipinski definition) is 7. The fourth-order valence-corrected chi connectivity index (χ4v) is 4.46. The van der Waals surface area contributed by atoms with Crippen molar-refractivity contribution in [2.45, 2.75) is 38.4 Å². The first-order valence-corrected chi connectivity index (χ1v) is 11.9. The maximum Gasteiger partial charge on any atom is 0.161 e. The molecular weight excluding hydrogens is 494 g/mol. The molecule has 0 amide bonds. The van der Waals surface area contributed by atoms with E-state index in [9.17, 15) is 0 Å². The number of hydrogen-bond donors (Lipinski definition) is 2. The van der Waals surface area contributed by atoms with E-state index in [0.29, 0.717) is 13.2 Å². The van der Waals surface area contributed by atoms with Crippen LogP contribution in [0.2, 0.25) is 5.02 Å². The van der Waals surface area contributed by atoms with Gasteiger partial charge in [0.05, 0.1) is 18.0 Å². The summed E-state index contributed by atoms with van der Waals surface area (Å²) in [4.78, 5) is 13.6. The quantitative estimate of drug-likeness (QED) is 0.436. The highest BCUT2D eigenvalue weighted by Crippen LogP contribution is 2.30. The van der Waals surface area contributed by atoms with E-state index in [-0.39, 0.29) is 11.6 Å². The molecule has 1 aromatic carbocycles. The summed E-state index contributed by atoms with van der Waals surface area (Å²) in [5.41, 5.74) is 7.84. The molecule has 0 aliphatic carbocycles. The number of halogens is 2. The third kappa shape index (κ3) is 5.77. The van der Waals surface area contributed by atoms with Gasteiger partial charge >= 0.3 is 0 Å². The molecule has 172 valence electrons. The number of fused-ring (bicyclic) bond motifs is 1. The fourth-order valence-electron chi connectivity index (χ4n) is 3.88. The SMILES string of the molecule is CC(C)(N)CCOCC1CN(c2ncnc3[nH]nc(Br)c23)CCN1Cc1ccc(Cl)cc1. The van der Waals surface area contributed by atoms with Crippen LogP contribution in [-0.4, -0.2) is 69.5 Å². The Labute approximate surface area is 201 Å².